The molecule has 1 saturated heterocycles. The predicted octanol–water partition coefficient (Wildman–Crippen LogP) is 2.68. The van der Waals surface area contributed by atoms with E-state index in [1.807, 2.05) is 0 Å². The summed E-state index contributed by atoms with van der Waals surface area (Å²) in [6.07, 6.45) is 6.49. The fourth-order valence-corrected chi connectivity index (χ4v) is 5.07. The van der Waals surface area contributed by atoms with Crippen LogP contribution in [0.3, 0.4) is 0 Å². The molecular formula is C14H21BrN2O3S. The first kappa shape index (κ1) is 15.5. The van der Waals surface area contributed by atoms with Crippen molar-refractivity contribution >= 4 is 26.0 Å². The second kappa shape index (κ2) is 6.40. The van der Waals surface area contributed by atoms with Gasteiger partial charge in [-0.2, -0.15) is 4.31 Å². The van der Waals surface area contributed by atoms with E-state index in [4.69, 9.17) is 4.42 Å². The maximum atomic E-state index is 12.5. The molecule has 0 bridgehead atoms. The summed E-state index contributed by atoms with van der Waals surface area (Å²) in [6, 6.07) is 3.78. The van der Waals surface area contributed by atoms with Gasteiger partial charge in [0.2, 0.25) is 5.09 Å². The van der Waals surface area contributed by atoms with Crippen LogP contribution in [0.25, 0.3) is 0 Å². The van der Waals surface area contributed by atoms with Crippen LogP contribution in [-0.4, -0.2) is 49.8 Å². The lowest BCUT2D eigenvalue weighted by atomic mass is 9.94. The molecule has 0 amide bonds. The molecule has 0 N–H and O–H groups in total. The van der Waals surface area contributed by atoms with Gasteiger partial charge in [0, 0.05) is 32.2 Å². The molecule has 21 heavy (non-hydrogen) atoms. The molecule has 118 valence electrons. The number of furan rings is 1. The van der Waals surface area contributed by atoms with E-state index in [-0.39, 0.29) is 5.09 Å². The van der Waals surface area contributed by atoms with Gasteiger partial charge in [-0.25, -0.2) is 8.42 Å². The second-order valence-electron chi connectivity index (χ2n) is 5.79. The Morgan fingerprint density at radius 1 is 1.05 bits per heavy atom. The van der Waals surface area contributed by atoms with Crippen molar-refractivity contribution in [1.29, 1.82) is 0 Å². The highest BCUT2D eigenvalue weighted by atomic mass is 79.9. The van der Waals surface area contributed by atoms with Crippen molar-refractivity contribution < 1.29 is 12.8 Å². The van der Waals surface area contributed by atoms with Crippen LogP contribution in [0.1, 0.15) is 32.1 Å². The van der Waals surface area contributed by atoms with E-state index in [0.717, 1.165) is 13.1 Å². The molecule has 3 rings (SSSR count). The summed E-state index contributed by atoms with van der Waals surface area (Å²) in [5.41, 5.74) is 0. The van der Waals surface area contributed by atoms with Crippen molar-refractivity contribution in [3.63, 3.8) is 0 Å². The lowest BCUT2D eigenvalue weighted by Gasteiger charge is -2.39. The van der Waals surface area contributed by atoms with Gasteiger partial charge in [-0.3, -0.25) is 4.90 Å². The first-order valence-electron chi connectivity index (χ1n) is 7.57. The molecule has 0 radical (unpaired) electrons. The third-order valence-electron chi connectivity index (χ3n) is 4.51. The van der Waals surface area contributed by atoms with Gasteiger partial charge in [-0.05, 0) is 40.9 Å². The fraction of sp³-hybridized carbons (Fsp3) is 0.714. The first-order valence-corrected chi connectivity index (χ1v) is 9.80. The molecular weight excluding hydrogens is 356 g/mol. The maximum absolute atomic E-state index is 12.5. The average Bonchev–Trinajstić information content (AvgIpc) is 2.96. The van der Waals surface area contributed by atoms with Crippen LogP contribution in [0.15, 0.2) is 26.3 Å². The number of piperazine rings is 1. The summed E-state index contributed by atoms with van der Waals surface area (Å²) in [6.45, 7) is 2.76. The highest BCUT2D eigenvalue weighted by Crippen LogP contribution is 2.26. The molecule has 2 aliphatic rings. The highest BCUT2D eigenvalue weighted by molar-refractivity contribution is 9.10. The van der Waals surface area contributed by atoms with Crippen LogP contribution < -0.4 is 0 Å². The summed E-state index contributed by atoms with van der Waals surface area (Å²) in [5, 5.41) is 0.0282. The van der Waals surface area contributed by atoms with Crippen molar-refractivity contribution in [2.24, 2.45) is 0 Å². The third kappa shape index (κ3) is 3.36. The summed E-state index contributed by atoms with van der Waals surface area (Å²) >= 11 is 3.15. The van der Waals surface area contributed by atoms with Crippen LogP contribution in [0.2, 0.25) is 0 Å². The SMILES string of the molecule is O=S(=O)(c1ccc(Br)o1)N1CCN(C2CCCCC2)CC1. The molecule has 0 aromatic carbocycles. The Morgan fingerprint density at radius 2 is 1.71 bits per heavy atom. The summed E-state index contributed by atoms with van der Waals surface area (Å²) < 4.78 is 32.2. The van der Waals surface area contributed by atoms with Crippen LogP contribution in [-0.2, 0) is 10.0 Å². The van der Waals surface area contributed by atoms with E-state index in [0.29, 0.717) is 23.8 Å². The first-order chi connectivity index (χ1) is 10.1. The number of hydrogen-bond donors (Lipinski definition) is 0. The minimum atomic E-state index is -3.49. The molecule has 0 unspecified atom stereocenters. The van der Waals surface area contributed by atoms with Crippen LogP contribution in [0.5, 0.6) is 0 Å². The molecule has 0 spiro atoms. The number of halogens is 1. The zero-order valence-corrected chi connectivity index (χ0v) is 14.4. The van der Waals surface area contributed by atoms with Crippen molar-refractivity contribution in [2.45, 2.75) is 43.2 Å². The second-order valence-corrected chi connectivity index (χ2v) is 8.44. The van der Waals surface area contributed by atoms with E-state index in [9.17, 15) is 8.42 Å². The maximum Gasteiger partial charge on any atom is 0.276 e. The number of hydrogen-bond acceptors (Lipinski definition) is 4. The van der Waals surface area contributed by atoms with E-state index >= 15 is 0 Å². The van der Waals surface area contributed by atoms with Gasteiger partial charge in [0.15, 0.2) is 4.67 Å². The molecule has 7 heteroatoms. The monoisotopic (exact) mass is 376 g/mol. The summed E-state index contributed by atoms with van der Waals surface area (Å²) in [4.78, 5) is 2.46. The van der Waals surface area contributed by atoms with E-state index in [2.05, 4.69) is 20.8 Å². The lowest BCUT2D eigenvalue weighted by Crippen LogP contribution is -2.52. The van der Waals surface area contributed by atoms with Crippen LogP contribution in [0.4, 0.5) is 0 Å². The smallest absolute Gasteiger partial charge is 0.276 e. The standard InChI is InChI=1S/C14H21BrN2O3S/c15-13-6-7-14(20-13)21(18,19)17-10-8-16(9-11-17)12-4-2-1-3-5-12/h6-7,12H,1-5,8-11H2. The molecule has 1 aliphatic heterocycles. The topological polar surface area (TPSA) is 53.8 Å². The number of nitrogens with zero attached hydrogens (tertiary/aromatic N) is 2. The molecule has 1 aliphatic carbocycles. The van der Waals surface area contributed by atoms with Crippen molar-refractivity contribution in [2.75, 3.05) is 26.2 Å². The van der Waals surface area contributed by atoms with E-state index in [1.165, 1.54) is 42.5 Å². The van der Waals surface area contributed by atoms with E-state index < -0.39 is 10.0 Å². The zero-order chi connectivity index (χ0) is 14.9. The minimum absolute atomic E-state index is 0.0282. The number of rotatable bonds is 3. The predicted molar refractivity (Wildman–Crippen MR) is 83.6 cm³/mol. The Hall–Kier alpha value is -0.370. The zero-order valence-electron chi connectivity index (χ0n) is 12.0. The lowest BCUT2D eigenvalue weighted by molar-refractivity contribution is 0.110. The third-order valence-corrected chi connectivity index (χ3v) is 6.71. The van der Waals surface area contributed by atoms with Gasteiger partial charge in [-0.15, -0.1) is 0 Å². The van der Waals surface area contributed by atoms with Crippen molar-refractivity contribution in [1.82, 2.24) is 9.21 Å². The molecule has 1 aromatic heterocycles. The van der Waals surface area contributed by atoms with Gasteiger partial charge in [-0.1, -0.05) is 19.3 Å². The Labute approximate surface area is 134 Å². The van der Waals surface area contributed by atoms with Crippen molar-refractivity contribution in [3.05, 3.63) is 16.8 Å². The molecule has 0 atom stereocenters. The van der Waals surface area contributed by atoms with E-state index in [1.54, 1.807) is 6.07 Å². The fourth-order valence-electron chi connectivity index (χ4n) is 3.32. The Morgan fingerprint density at radius 3 is 2.29 bits per heavy atom. The molecule has 2 fully saturated rings. The molecule has 1 saturated carbocycles. The van der Waals surface area contributed by atoms with Gasteiger partial charge in [0.1, 0.15) is 0 Å². The molecule has 1 aromatic rings. The Balaban J connectivity index is 1.62. The molecule has 2 heterocycles. The average molecular weight is 377 g/mol. The minimum Gasteiger partial charge on any atom is -0.437 e. The number of sulfonamides is 1. The highest BCUT2D eigenvalue weighted by Gasteiger charge is 2.33. The van der Waals surface area contributed by atoms with Gasteiger partial charge < -0.3 is 4.42 Å². The summed E-state index contributed by atoms with van der Waals surface area (Å²) in [5.74, 6) is 0. The van der Waals surface area contributed by atoms with Crippen molar-refractivity contribution in [3.8, 4) is 0 Å². The quantitative estimate of drug-likeness (QED) is 0.813. The molecule has 5 nitrogen and oxygen atoms in total. The van der Waals surface area contributed by atoms with Crippen LogP contribution in [0, 0.1) is 0 Å². The van der Waals surface area contributed by atoms with Gasteiger partial charge in [0.25, 0.3) is 10.0 Å². The normalized spacial score (nSPS) is 23.5. The Kier molecular flexibility index (Phi) is 4.73. The Bertz CT molecular complexity index is 573. The van der Waals surface area contributed by atoms with Gasteiger partial charge >= 0.3 is 0 Å². The summed E-state index contributed by atoms with van der Waals surface area (Å²) in [7, 11) is -3.49. The largest absolute Gasteiger partial charge is 0.437 e. The van der Waals surface area contributed by atoms with Gasteiger partial charge in [0.05, 0.1) is 0 Å². The van der Waals surface area contributed by atoms with Crippen LogP contribution >= 0.6 is 15.9 Å².